The molecule has 0 aliphatic carbocycles. The standard InChI is InChI=1S/C13H13FN6S2.2ClH/c14-9-1-17-12(18-2-9)20-4-8-5-21-11(15)19-13(8,6-20)10-3-16-7-22-10;;/h1-3,7-8H,4-6H2,(H2,15,19);2*1H/t8-,13?;;/m0../s1. The van der Waals surface area contributed by atoms with E-state index < -0.39 is 11.4 Å². The fourth-order valence-electron chi connectivity index (χ4n) is 3.02. The molecule has 0 bridgehead atoms. The van der Waals surface area contributed by atoms with Crippen LogP contribution >= 0.6 is 47.9 Å². The van der Waals surface area contributed by atoms with Gasteiger partial charge in [-0.05, 0) is 0 Å². The molecule has 130 valence electrons. The summed E-state index contributed by atoms with van der Waals surface area (Å²) >= 11 is 3.16. The number of anilines is 1. The van der Waals surface area contributed by atoms with Gasteiger partial charge in [0.1, 0.15) is 5.54 Å². The zero-order valence-corrected chi connectivity index (χ0v) is 15.6. The van der Waals surface area contributed by atoms with Gasteiger partial charge in [0.2, 0.25) is 5.95 Å². The second kappa shape index (κ2) is 7.38. The largest absolute Gasteiger partial charge is 0.379 e. The van der Waals surface area contributed by atoms with Crippen LogP contribution in [0.3, 0.4) is 0 Å². The number of nitrogens with zero attached hydrogens (tertiary/aromatic N) is 5. The molecular weight excluding hydrogens is 394 g/mol. The summed E-state index contributed by atoms with van der Waals surface area (Å²) in [6.45, 7) is 1.40. The van der Waals surface area contributed by atoms with Crippen molar-refractivity contribution >= 4 is 59.0 Å². The molecule has 2 aliphatic rings. The van der Waals surface area contributed by atoms with E-state index in [1.165, 1.54) is 12.4 Å². The molecule has 11 heteroatoms. The number of amidine groups is 1. The van der Waals surface area contributed by atoms with Crippen LogP contribution in [-0.4, -0.2) is 39.0 Å². The molecule has 2 N–H and O–H groups in total. The molecule has 0 spiro atoms. The summed E-state index contributed by atoms with van der Waals surface area (Å²) in [6.07, 6.45) is 4.24. The lowest BCUT2D eigenvalue weighted by Crippen LogP contribution is -2.39. The lowest BCUT2D eigenvalue weighted by atomic mass is 9.87. The Hall–Kier alpha value is -1.16. The maximum absolute atomic E-state index is 13.0. The first kappa shape index (κ1) is 19.2. The molecule has 1 saturated heterocycles. The number of nitrogens with two attached hydrogens (primary N) is 1. The van der Waals surface area contributed by atoms with Crippen molar-refractivity contribution in [3.05, 3.63) is 34.8 Å². The normalized spacial score (nSPS) is 25.3. The number of hydrogen-bond donors (Lipinski definition) is 1. The Morgan fingerprint density at radius 1 is 1.25 bits per heavy atom. The van der Waals surface area contributed by atoms with E-state index in [-0.39, 0.29) is 24.8 Å². The minimum Gasteiger partial charge on any atom is -0.379 e. The third kappa shape index (κ3) is 3.17. The van der Waals surface area contributed by atoms with Gasteiger partial charge in [-0.25, -0.2) is 19.4 Å². The highest BCUT2D eigenvalue weighted by molar-refractivity contribution is 8.13. The number of fused-ring (bicyclic) bond motifs is 1. The van der Waals surface area contributed by atoms with Gasteiger partial charge < -0.3 is 10.6 Å². The summed E-state index contributed by atoms with van der Waals surface area (Å²) < 4.78 is 13.0. The van der Waals surface area contributed by atoms with E-state index in [4.69, 9.17) is 10.7 Å². The Morgan fingerprint density at radius 2 is 2.00 bits per heavy atom. The SMILES string of the molecule is Cl.Cl.NC1=NC2(c3cncs3)CN(c3ncc(F)cn3)C[C@H]2CS1. The predicted molar refractivity (Wildman–Crippen MR) is 100 cm³/mol. The molecule has 2 aromatic heterocycles. The minimum absolute atomic E-state index is 0. The van der Waals surface area contributed by atoms with E-state index in [0.717, 1.165) is 17.2 Å². The number of thioether (sulfide) groups is 1. The zero-order valence-electron chi connectivity index (χ0n) is 12.3. The van der Waals surface area contributed by atoms with Gasteiger partial charge in [0.25, 0.3) is 0 Å². The van der Waals surface area contributed by atoms with Crippen LogP contribution in [0.5, 0.6) is 0 Å². The number of rotatable bonds is 2. The molecule has 2 aliphatic heterocycles. The number of thiazole rings is 1. The van der Waals surface area contributed by atoms with E-state index in [0.29, 0.717) is 23.6 Å². The Morgan fingerprint density at radius 3 is 2.67 bits per heavy atom. The van der Waals surface area contributed by atoms with E-state index >= 15 is 0 Å². The zero-order chi connectivity index (χ0) is 15.2. The van der Waals surface area contributed by atoms with Crippen molar-refractivity contribution in [1.82, 2.24) is 15.0 Å². The van der Waals surface area contributed by atoms with Crippen LogP contribution in [0, 0.1) is 11.7 Å². The lowest BCUT2D eigenvalue weighted by Gasteiger charge is -2.32. The van der Waals surface area contributed by atoms with Crippen LogP contribution in [-0.2, 0) is 5.54 Å². The minimum atomic E-state index is -0.435. The smallest absolute Gasteiger partial charge is 0.225 e. The highest BCUT2D eigenvalue weighted by atomic mass is 35.5. The average molecular weight is 409 g/mol. The maximum atomic E-state index is 13.0. The van der Waals surface area contributed by atoms with Crippen LogP contribution in [0.15, 0.2) is 29.1 Å². The van der Waals surface area contributed by atoms with Gasteiger partial charge >= 0.3 is 0 Å². The first-order valence-corrected chi connectivity index (χ1v) is 8.63. The molecule has 0 radical (unpaired) electrons. The summed E-state index contributed by atoms with van der Waals surface area (Å²) in [5.41, 5.74) is 7.40. The number of aliphatic imine (C=N–C) groups is 1. The molecule has 1 unspecified atom stereocenters. The van der Waals surface area contributed by atoms with Gasteiger partial charge in [0, 0.05) is 24.4 Å². The molecule has 2 aromatic rings. The van der Waals surface area contributed by atoms with Crippen LogP contribution in [0.4, 0.5) is 10.3 Å². The Labute approximate surface area is 159 Å². The molecule has 0 saturated carbocycles. The van der Waals surface area contributed by atoms with Crippen LogP contribution in [0.25, 0.3) is 0 Å². The molecule has 4 rings (SSSR count). The Balaban J connectivity index is 0.00000104. The number of halogens is 3. The van der Waals surface area contributed by atoms with Gasteiger partial charge in [-0.2, -0.15) is 0 Å². The topological polar surface area (TPSA) is 80.3 Å². The van der Waals surface area contributed by atoms with Crippen molar-refractivity contribution in [3.8, 4) is 0 Å². The van der Waals surface area contributed by atoms with Crippen molar-refractivity contribution in [3.63, 3.8) is 0 Å². The monoisotopic (exact) mass is 408 g/mol. The van der Waals surface area contributed by atoms with E-state index in [9.17, 15) is 4.39 Å². The fraction of sp³-hybridized carbons (Fsp3) is 0.385. The molecule has 0 amide bonds. The molecule has 6 nitrogen and oxygen atoms in total. The van der Waals surface area contributed by atoms with Crippen LogP contribution in [0.2, 0.25) is 0 Å². The third-order valence-electron chi connectivity index (χ3n) is 4.04. The summed E-state index contributed by atoms with van der Waals surface area (Å²) in [6, 6.07) is 0. The van der Waals surface area contributed by atoms with E-state index in [1.807, 2.05) is 16.6 Å². The summed E-state index contributed by atoms with van der Waals surface area (Å²) in [5, 5.41) is 0.603. The van der Waals surface area contributed by atoms with E-state index in [1.54, 1.807) is 23.1 Å². The first-order valence-electron chi connectivity index (χ1n) is 6.77. The average Bonchev–Trinajstić information content (AvgIpc) is 3.15. The number of hydrogen-bond acceptors (Lipinski definition) is 8. The highest BCUT2D eigenvalue weighted by Crippen LogP contribution is 2.47. The van der Waals surface area contributed by atoms with Crippen molar-refractivity contribution in [2.24, 2.45) is 16.6 Å². The third-order valence-corrected chi connectivity index (χ3v) is 5.93. The van der Waals surface area contributed by atoms with Crippen LogP contribution in [0.1, 0.15) is 4.88 Å². The van der Waals surface area contributed by atoms with E-state index in [2.05, 4.69) is 15.0 Å². The Kier molecular flexibility index (Phi) is 5.90. The molecule has 1 fully saturated rings. The second-order valence-electron chi connectivity index (χ2n) is 5.33. The van der Waals surface area contributed by atoms with Crippen molar-refractivity contribution < 1.29 is 4.39 Å². The van der Waals surface area contributed by atoms with Crippen molar-refractivity contribution in [2.75, 3.05) is 23.7 Å². The summed E-state index contributed by atoms with van der Waals surface area (Å²) in [7, 11) is 0. The summed E-state index contributed by atoms with van der Waals surface area (Å²) in [5.74, 6) is 1.29. The highest BCUT2D eigenvalue weighted by Gasteiger charge is 2.51. The first-order chi connectivity index (χ1) is 10.7. The second-order valence-corrected chi connectivity index (χ2v) is 7.26. The van der Waals surface area contributed by atoms with Gasteiger partial charge in [-0.15, -0.1) is 36.2 Å². The fourth-order valence-corrected chi connectivity index (χ4v) is 4.84. The number of aromatic nitrogens is 3. The van der Waals surface area contributed by atoms with Gasteiger partial charge in [-0.1, -0.05) is 11.8 Å². The van der Waals surface area contributed by atoms with Gasteiger partial charge in [-0.3, -0.25) is 4.98 Å². The van der Waals surface area contributed by atoms with Gasteiger partial charge in [0.05, 0.1) is 29.3 Å². The quantitative estimate of drug-likeness (QED) is 0.820. The molecule has 0 aromatic carbocycles. The predicted octanol–water partition coefficient (Wildman–Crippen LogP) is 2.31. The van der Waals surface area contributed by atoms with Crippen molar-refractivity contribution in [1.29, 1.82) is 0 Å². The molecule has 4 heterocycles. The lowest BCUT2D eigenvalue weighted by molar-refractivity contribution is 0.394. The Bertz CT molecular complexity index is 714. The van der Waals surface area contributed by atoms with Gasteiger partial charge in [0.15, 0.2) is 11.0 Å². The molecule has 2 atom stereocenters. The van der Waals surface area contributed by atoms with Crippen LogP contribution < -0.4 is 10.6 Å². The molecule has 24 heavy (non-hydrogen) atoms. The summed E-state index contributed by atoms with van der Waals surface area (Å²) in [4.78, 5) is 20.3. The molecular formula is C13H15Cl2FN6S2. The maximum Gasteiger partial charge on any atom is 0.225 e. The van der Waals surface area contributed by atoms with Crippen molar-refractivity contribution in [2.45, 2.75) is 5.54 Å².